The van der Waals surface area contributed by atoms with Crippen molar-refractivity contribution in [2.75, 3.05) is 0 Å². The first-order valence-electron chi connectivity index (χ1n) is 9.56. The molecule has 29 heavy (non-hydrogen) atoms. The fourth-order valence-corrected chi connectivity index (χ4v) is 3.79. The van der Waals surface area contributed by atoms with E-state index in [1.165, 1.54) is 5.01 Å². The molecule has 1 aliphatic rings. The Kier molecular flexibility index (Phi) is 5.35. The van der Waals surface area contributed by atoms with Crippen LogP contribution < -0.4 is 0 Å². The number of hydrazone groups is 1. The van der Waals surface area contributed by atoms with Crippen LogP contribution >= 0.6 is 15.9 Å². The van der Waals surface area contributed by atoms with Gasteiger partial charge < -0.3 is 5.11 Å². The lowest BCUT2D eigenvalue weighted by Crippen LogP contribution is -2.43. The molecule has 4 nitrogen and oxygen atoms in total. The van der Waals surface area contributed by atoms with Gasteiger partial charge >= 0.3 is 0 Å². The Hall–Kier alpha value is -2.76. The van der Waals surface area contributed by atoms with Crippen molar-refractivity contribution in [2.24, 2.45) is 5.10 Å². The number of hydrogen-bond donors (Lipinski definition) is 1. The lowest BCUT2D eigenvalue weighted by atomic mass is 9.96. The predicted molar refractivity (Wildman–Crippen MR) is 118 cm³/mol. The fraction of sp³-hybridized carbons (Fsp3) is 0.167. The summed E-state index contributed by atoms with van der Waals surface area (Å²) in [7, 11) is 0. The zero-order chi connectivity index (χ0) is 20.4. The van der Waals surface area contributed by atoms with E-state index >= 15 is 0 Å². The van der Waals surface area contributed by atoms with Gasteiger partial charge in [0.1, 0.15) is 0 Å². The second-order valence-corrected chi connectivity index (χ2v) is 8.00. The summed E-state index contributed by atoms with van der Waals surface area (Å²) < 4.78 is 0.911. The zero-order valence-corrected chi connectivity index (χ0v) is 17.6. The average molecular weight is 449 g/mol. The maximum absolute atomic E-state index is 13.3. The Balaban J connectivity index is 1.66. The van der Waals surface area contributed by atoms with E-state index in [0.717, 1.165) is 21.3 Å². The number of hydrogen-bond acceptors (Lipinski definition) is 3. The van der Waals surface area contributed by atoms with Gasteiger partial charge in [-0.25, -0.2) is 0 Å². The molecule has 0 aliphatic carbocycles. The van der Waals surface area contributed by atoms with E-state index < -0.39 is 5.72 Å². The van der Waals surface area contributed by atoms with Gasteiger partial charge in [-0.15, -0.1) is 0 Å². The van der Waals surface area contributed by atoms with Crippen LogP contribution in [0, 0.1) is 0 Å². The number of benzene rings is 3. The highest BCUT2D eigenvalue weighted by molar-refractivity contribution is 9.10. The molecule has 146 valence electrons. The van der Waals surface area contributed by atoms with Crippen molar-refractivity contribution in [2.45, 2.75) is 25.5 Å². The summed E-state index contributed by atoms with van der Waals surface area (Å²) in [6, 6.07) is 24.7. The van der Waals surface area contributed by atoms with E-state index in [2.05, 4.69) is 21.0 Å². The minimum atomic E-state index is -1.48. The molecule has 0 saturated heterocycles. The van der Waals surface area contributed by atoms with Crippen LogP contribution in [-0.4, -0.2) is 21.7 Å². The van der Waals surface area contributed by atoms with Gasteiger partial charge in [-0.1, -0.05) is 77.5 Å². The van der Waals surface area contributed by atoms with Gasteiger partial charge in [0.15, 0.2) is 5.72 Å². The smallest absolute Gasteiger partial charge is 0.276 e. The van der Waals surface area contributed by atoms with Crippen molar-refractivity contribution < 1.29 is 9.90 Å². The molecular formula is C24H21BrN2O2. The number of carbonyl (C=O) groups is 1. The number of carbonyl (C=O) groups excluding carboxylic acids is 1. The van der Waals surface area contributed by atoms with E-state index in [0.29, 0.717) is 24.0 Å². The van der Waals surface area contributed by atoms with Crippen LogP contribution in [0.1, 0.15) is 35.7 Å². The number of rotatable bonds is 4. The third kappa shape index (κ3) is 3.76. The normalized spacial score (nSPS) is 18.6. The van der Waals surface area contributed by atoms with Crippen molar-refractivity contribution in [3.05, 3.63) is 94.5 Å². The highest BCUT2D eigenvalue weighted by Crippen LogP contribution is 2.37. The van der Waals surface area contributed by atoms with Crippen molar-refractivity contribution in [1.82, 2.24) is 5.01 Å². The van der Waals surface area contributed by atoms with Crippen molar-refractivity contribution >= 4 is 27.5 Å². The van der Waals surface area contributed by atoms with Crippen LogP contribution in [0.15, 0.2) is 88.4 Å². The van der Waals surface area contributed by atoms with Gasteiger partial charge in [-0.2, -0.15) is 10.1 Å². The first kappa shape index (κ1) is 19.6. The van der Waals surface area contributed by atoms with Gasteiger partial charge in [0.2, 0.25) is 0 Å². The largest absolute Gasteiger partial charge is 0.365 e. The number of nitrogens with zero attached hydrogens (tertiary/aromatic N) is 2. The molecule has 1 N–H and O–H groups in total. The number of amides is 1. The first-order chi connectivity index (χ1) is 14.0. The topological polar surface area (TPSA) is 52.9 Å². The minimum Gasteiger partial charge on any atom is -0.365 e. The van der Waals surface area contributed by atoms with E-state index in [9.17, 15) is 9.90 Å². The summed E-state index contributed by atoms with van der Waals surface area (Å²) in [5, 5.41) is 17.1. The predicted octanol–water partition coefficient (Wildman–Crippen LogP) is 5.57. The molecule has 0 fully saturated rings. The van der Waals surface area contributed by atoms with E-state index in [1.807, 2.05) is 73.7 Å². The van der Waals surface area contributed by atoms with Gasteiger partial charge in [0, 0.05) is 27.7 Å². The third-order valence-electron chi connectivity index (χ3n) is 5.19. The standard InChI is InChI=1S/C24H21BrN2O2/c1-2-22-16-24(29,20-12-14-21(25)15-13-20)27(26-22)23(28)19-10-8-18(9-11-19)17-6-4-3-5-7-17/h3-15,29H,2,16H2,1H3/t24-/m1/s1. The van der Waals surface area contributed by atoms with Crippen LogP contribution in [-0.2, 0) is 5.72 Å². The van der Waals surface area contributed by atoms with Crippen molar-refractivity contribution in [1.29, 1.82) is 0 Å². The first-order valence-corrected chi connectivity index (χ1v) is 10.4. The summed E-state index contributed by atoms with van der Waals surface area (Å²) >= 11 is 3.41. The number of halogens is 1. The molecule has 3 aromatic rings. The molecule has 4 rings (SSSR count). The zero-order valence-electron chi connectivity index (χ0n) is 16.0. The Morgan fingerprint density at radius 2 is 1.62 bits per heavy atom. The van der Waals surface area contributed by atoms with Crippen LogP contribution in [0.4, 0.5) is 0 Å². The second-order valence-electron chi connectivity index (χ2n) is 7.08. The Labute approximate surface area is 178 Å². The second kappa shape index (κ2) is 7.93. The Morgan fingerprint density at radius 1 is 1.00 bits per heavy atom. The fourth-order valence-electron chi connectivity index (χ4n) is 3.53. The molecule has 0 unspecified atom stereocenters. The van der Waals surface area contributed by atoms with Crippen LogP contribution in [0.3, 0.4) is 0 Å². The molecule has 3 aromatic carbocycles. The van der Waals surface area contributed by atoms with Crippen molar-refractivity contribution in [3.8, 4) is 11.1 Å². The highest BCUT2D eigenvalue weighted by Gasteiger charge is 2.45. The molecule has 1 atom stereocenters. The van der Waals surface area contributed by atoms with E-state index in [1.54, 1.807) is 12.1 Å². The third-order valence-corrected chi connectivity index (χ3v) is 5.72. The Bertz CT molecular complexity index is 1050. The maximum Gasteiger partial charge on any atom is 0.276 e. The monoisotopic (exact) mass is 448 g/mol. The van der Waals surface area contributed by atoms with Gasteiger partial charge in [0.25, 0.3) is 5.91 Å². The highest BCUT2D eigenvalue weighted by atomic mass is 79.9. The average Bonchev–Trinajstić information content (AvgIpc) is 3.12. The Morgan fingerprint density at radius 3 is 2.24 bits per heavy atom. The maximum atomic E-state index is 13.3. The van der Waals surface area contributed by atoms with Gasteiger partial charge in [-0.05, 0) is 41.8 Å². The summed E-state index contributed by atoms with van der Waals surface area (Å²) in [6.07, 6.45) is 0.981. The number of aliphatic hydroxyl groups is 1. The molecule has 0 bridgehead atoms. The quantitative estimate of drug-likeness (QED) is 0.566. The van der Waals surface area contributed by atoms with E-state index in [4.69, 9.17) is 0 Å². The molecular weight excluding hydrogens is 428 g/mol. The van der Waals surface area contributed by atoms with Crippen LogP contribution in [0.2, 0.25) is 0 Å². The molecule has 1 heterocycles. The summed E-state index contributed by atoms with van der Waals surface area (Å²) in [5.41, 5.74) is 2.56. The molecule has 1 aliphatic heterocycles. The SMILES string of the molecule is CCC1=NN(C(=O)c2ccc(-c3ccccc3)cc2)[C@](O)(c2ccc(Br)cc2)C1. The summed E-state index contributed by atoms with van der Waals surface area (Å²) in [6.45, 7) is 1.98. The molecule has 1 amide bonds. The molecule has 0 saturated carbocycles. The minimum absolute atomic E-state index is 0.305. The van der Waals surface area contributed by atoms with Gasteiger partial charge in [-0.3, -0.25) is 4.79 Å². The molecule has 0 spiro atoms. The van der Waals surface area contributed by atoms with Crippen molar-refractivity contribution in [3.63, 3.8) is 0 Å². The lowest BCUT2D eigenvalue weighted by molar-refractivity contribution is -0.0765. The van der Waals surface area contributed by atoms with Gasteiger partial charge in [0.05, 0.1) is 0 Å². The lowest BCUT2D eigenvalue weighted by Gasteiger charge is -2.31. The van der Waals surface area contributed by atoms with Crippen LogP contribution in [0.5, 0.6) is 0 Å². The summed E-state index contributed by atoms with van der Waals surface area (Å²) in [5.74, 6) is -0.321. The molecule has 0 aromatic heterocycles. The van der Waals surface area contributed by atoms with Crippen LogP contribution in [0.25, 0.3) is 11.1 Å². The van der Waals surface area contributed by atoms with E-state index in [-0.39, 0.29) is 5.91 Å². The molecule has 0 radical (unpaired) electrons. The molecule has 5 heteroatoms. The summed E-state index contributed by atoms with van der Waals surface area (Å²) in [4.78, 5) is 13.3.